The summed E-state index contributed by atoms with van der Waals surface area (Å²) in [6.45, 7) is 3.69. The third-order valence-corrected chi connectivity index (χ3v) is 3.50. The Labute approximate surface area is 124 Å². The Morgan fingerprint density at radius 2 is 1.95 bits per heavy atom. The van der Waals surface area contributed by atoms with Gasteiger partial charge < -0.3 is 10.6 Å². The molecule has 0 aliphatic rings. The highest BCUT2D eigenvalue weighted by molar-refractivity contribution is 6.04. The Morgan fingerprint density at radius 3 is 2.62 bits per heavy atom. The predicted molar refractivity (Wildman–Crippen MR) is 83.0 cm³/mol. The largest absolute Gasteiger partial charge is 0.322 e. The average molecular weight is 286 g/mol. The van der Waals surface area contributed by atoms with E-state index in [0.717, 1.165) is 11.3 Å². The molecule has 1 amide bonds. The molecule has 0 saturated heterocycles. The molecule has 1 unspecified atom stereocenters. The highest BCUT2D eigenvalue weighted by Crippen LogP contribution is 2.18. The van der Waals surface area contributed by atoms with Crippen molar-refractivity contribution in [2.45, 2.75) is 19.9 Å². The smallest absolute Gasteiger partial charge is 0.255 e. The number of aryl methyl sites for hydroxylation is 1. The molecule has 0 aliphatic carbocycles. The van der Waals surface area contributed by atoms with Crippen molar-refractivity contribution in [1.29, 1.82) is 0 Å². The van der Waals surface area contributed by atoms with Crippen LogP contribution in [0.1, 0.15) is 34.5 Å². The maximum atomic E-state index is 13.2. The van der Waals surface area contributed by atoms with Crippen LogP contribution in [0.3, 0.4) is 0 Å². The van der Waals surface area contributed by atoms with Crippen molar-refractivity contribution in [3.63, 3.8) is 0 Å². The van der Waals surface area contributed by atoms with Gasteiger partial charge in [-0.15, -0.1) is 0 Å². The van der Waals surface area contributed by atoms with Crippen LogP contribution in [0.2, 0.25) is 0 Å². The van der Waals surface area contributed by atoms with Crippen LogP contribution in [0.15, 0.2) is 42.5 Å². The quantitative estimate of drug-likeness (QED) is 0.900. The van der Waals surface area contributed by atoms with Gasteiger partial charge in [-0.25, -0.2) is 4.39 Å². The van der Waals surface area contributed by atoms with Gasteiger partial charge in [0.2, 0.25) is 0 Å². The normalized spacial score (nSPS) is 12.0. The number of benzene rings is 2. The topological polar surface area (TPSA) is 41.1 Å². The van der Waals surface area contributed by atoms with E-state index in [1.165, 1.54) is 12.1 Å². The third kappa shape index (κ3) is 3.67. The van der Waals surface area contributed by atoms with Crippen molar-refractivity contribution < 1.29 is 9.18 Å². The number of hydrogen-bond donors (Lipinski definition) is 2. The van der Waals surface area contributed by atoms with Gasteiger partial charge in [-0.05, 0) is 62.4 Å². The van der Waals surface area contributed by atoms with Gasteiger partial charge in [0.1, 0.15) is 5.82 Å². The number of carbonyl (C=O) groups excluding carboxylic acids is 1. The summed E-state index contributed by atoms with van der Waals surface area (Å²) in [5.74, 6) is -0.552. The average Bonchev–Trinajstić information content (AvgIpc) is 2.49. The van der Waals surface area contributed by atoms with E-state index in [4.69, 9.17) is 0 Å². The lowest BCUT2D eigenvalue weighted by Crippen LogP contribution is -2.14. The fourth-order valence-electron chi connectivity index (χ4n) is 2.04. The molecule has 0 heterocycles. The molecule has 0 radical (unpaired) electrons. The minimum absolute atomic E-state index is 0.204. The Hall–Kier alpha value is -2.20. The molecule has 0 aromatic heterocycles. The molecule has 2 aromatic carbocycles. The first-order chi connectivity index (χ1) is 10.0. The van der Waals surface area contributed by atoms with E-state index >= 15 is 0 Å². The van der Waals surface area contributed by atoms with E-state index < -0.39 is 0 Å². The highest BCUT2D eigenvalue weighted by Gasteiger charge is 2.09. The number of halogens is 1. The molecule has 1 atom stereocenters. The second-order valence-electron chi connectivity index (χ2n) is 5.05. The van der Waals surface area contributed by atoms with Gasteiger partial charge in [0.15, 0.2) is 0 Å². The molecule has 0 fully saturated rings. The molecule has 2 rings (SSSR count). The number of rotatable bonds is 4. The van der Waals surface area contributed by atoms with E-state index in [9.17, 15) is 9.18 Å². The first kappa shape index (κ1) is 15.2. The van der Waals surface area contributed by atoms with Crippen LogP contribution in [-0.2, 0) is 0 Å². The van der Waals surface area contributed by atoms with Gasteiger partial charge in [-0.1, -0.05) is 12.1 Å². The molecule has 0 aliphatic heterocycles. The second-order valence-corrected chi connectivity index (χ2v) is 5.05. The Balaban J connectivity index is 2.17. The van der Waals surface area contributed by atoms with E-state index in [1.54, 1.807) is 13.0 Å². The van der Waals surface area contributed by atoms with Crippen molar-refractivity contribution in [3.8, 4) is 0 Å². The summed E-state index contributed by atoms with van der Waals surface area (Å²) < 4.78 is 13.2. The monoisotopic (exact) mass is 286 g/mol. The van der Waals surface area contributed by atoms with Crippen molar-refractivity contribution in [3.05, 3.63) is 65.0 Å². The lowest BCUT2D eigenvalue weighted by atomic mass is 10.1. The molecule has 0 bridgehead atoms. The first-order valence-electron chi connectivity index (χ1n) is 6.86. The lowest BCUT2D eigenvalue weighted by molar-refractivity contribution is 0.102. The predicted octanol–water partition coefficient (Wildman–Crippen LogP) is 3.67. The number of carbonyl (C=O) groups is 1. The Kier molecular flexibility index (Phi) is 4.70. The maximum absolute atomic E-state index is 13.2. The zero-order valence-electron chi connectivity index (χ0n) is 12.4. The van der Waals surface area contributed by atoms with Crippen LogP contribution < -0.4 is 10.6 Å². The van der Waals surface area contributed by atoms with Gasteiger partial charge in [0, 0.05) is 17.3 Å². The third-order valence-electron chi connectivity index (χ3n) is 3.50. The number of anilines is 1. The zero-order valence-corrected chi connectivity index (χ0v) is 12.4. The van der Waals surface area contributed by atoms with Crippen molar-refractivity contribution in [1.82, 2.24) is 5.32 Å². The summed E-state index contributed by atoms with van der Waals surface area (Å²) in [7, 11) is 1.89. The second kappa shape index (κ2) is 6.50. The van der Waals surface area contributed by atoms with E-state index in [2.05, 4.69) is 10.6 Å². The molecule has 3 nitrogen and oxygen atoms in total. The fraction of sp³-hybridized carbons (Fsp3) is 0.235. The lowest BCUT2D eigenvalue weighted by Gasteiger charge is -2.13. The van der Waals surface area contributed by atoms with Crippen LogP contribution >= 0.6 is 0 Å². The molecule has 0 spiro atoms. The molecular weight excluding hydrogens is 267 g/mol. The molecule has 2 aromatic rings. The van der Waals surface area contributed by atoms with E-state index in [0.29, 0.717) is 11.1 Å². The van der Waals surface area contributed by atoms with Crippen LogP contribution in [-0.4, -0.2) is 13.0 Å². The molecule has 2 N–H and O–H groups in total. The Morgan fingerprint density at radius 1 is 1.19 bits per heavy atom. The molecule has 0 saturated carbocycles. The Bertz CT molecular complexity index is 655. The molecule has 110 valence electrons. The summed E-state index contributed by atoms with van der Waals surface area (Å²) in [6, 6.07) is 12.2. The minimum Gasteiger partial charge on any atom is -0.322 e. The molecular formula is C17H19FN2O. The maximum Gasteiger partial charge on any atom is 0.255 e. The summed E-state index contributed by atoms with van der Waals surface area (Å²) in [6.07, 6.45) is 0. The van der Waals surface area contributed by atoms with Gasteiger partial charge in [-0.2, -0.15) is 0 Å². The highest BCUT2D eigenvalue weighted by atomic mass is 19.1. The van der Waals surface area contributed by atoms with Crippen molar-refractivity contribution in [2.24, 2.45) is 0 Å². The van der Waals surface area contributed by atoms with Crippen LogP contribution in [0.4, 0.5) is 10.1 Å². The number of amides is 1. The number of nitrogens with one attached hydrogen (secondary N) is 2. The van der Waals surface area contributed by atoms with Crippen molar-refractivity contribution >= 4 is 11.6 Å². The van der Waals surface area contributed by atoms with E-state index in [-0.39, 0.29) is 17.8 Å². The minimum atomic E-state index is -0.309. The van der Waals surface area contributed by atoms with Crippen LogP contribution in [0.5, 0.6) is 0 Å². The van der Waals surface area contributed by atoms with Gasteiger partial charge in [0.25, 0.3) is 5.91 Å². The van der Waals surface area contributed by atoms with Crippen LogP contribution in [0.25, 0.3) is 0 Å². The van der Waals surface area contributed by atoms with Crippen molar-refractivity contribution in [2.75, 3.05) is 12.4 Å². The summed E-state index contributed by atoms with van der Waals surface area (Å²) >= 11 is 0. The first-order valence-corrected chi connectivity index (χ1v) is 6.86. The standard InChI is InChI=1S/C17H19FN2O/c1-11-9-14(7-8-16(11)18)17(21)20-15-6-4-5-13(10-15)12(2)19-3/h4-10,12,19H,1-3H3,(H,20,21). The zero-order chi connectivity index (χ0) is 15.4. The summed E-state index contributed by atoms with van der Waals surface area (Å²) in [5, 5.41) is 5.99. The van der Waals surface area contributed by atoms with Gasteiger partial charge in [0.05, 0.1) is 0 Å². The van der Waals surface area contributed by atoms with E-state index in [1.807, 2.05) is 38.2 Å². The summed E-state index contributed by atoms with van der Waals surface area (Å²) in [4.78, 5) is 12.2. The van der Waals surface area contributed by atoms with Gasteiger partial charge in [-0.3, -0.25) is 4.79 Å². The number of hydrogen-bond acceptors (Lipinski definition) is 2. The molecule has 21 heavy (non-hydrogen) atoms. The summed E-state index contributed by atoms with van der Waals surface area (Å²) in [5.41, 5.74) is 2.72. The molecule has 4 heteroatoms. The SMILES string of the molecule is CNC(C)c1cccc(NC(=O)c2ccc(F)c(C)c2)c1. The van der Waals surface area contributed by atoms with Gasteiger partial charge >= 0.3 is 0 Å². The van der Waals surface area contributed by atoms with Crippen LogP contribution in [0, 0.1) is 12.7 Å². The fourth-order valence-corrected chi connectivity index (χ4v) is 2.04.